The van der Waals surface area contributed by atoms with Crippen LogP contribution in [0.5, 0.6) is 0 Å². The summed E-state index contributed by atoms with van der Waals surface area (Å²) in [6.07, 6.45) is 5.74. The summed E-state index contributed by atoms with van der Waals surface area (Å²) in [4.78, 5) is 41.9. The van der Waals surface area contributed by atoms with Gasteiger partial charge in [-0.1, -0.05) is 49.4 Å². The van der Waals surface area contributed by atoms with E-state index in [1.165, 1.54) is 0 Å². The number of aliphatic hydroxyl groups excluding tert-OH is 1. The molecule has 0 saturated carbocycles. The quantitative estimate of drug-likeness (QED) is 0.325. The number of esters is 1. The monoisotopic (exact) mass is 478 g/mol. The number of hydrogen-bond donors (Lipinski definition) is 2. The van der Waals surface area contributed by atoms with Gasteiger partial charge in [0.1, 0.15) is 6.04 Å². The van der Waals surface area contributed by atoms with Crippen LogP contribution in [0.3, 0.4) is 0 Å². The third-order valence-electron chi connectivity index (χ3n) is 7.23. The molecule has 2 N–H and O–H groups in total. The van der Waals surface area contributed by atoms with Crippen LogP contribution in [-0.4, -0.2) is 53.6 Å². The highest BCUT2D eigenvalue weighted by molar-refractivity contribution is 6.02. The Morgan fingerprint density at radius 1 is 1.06 bits per heavy atom. The van der Waals surface area contributed by atoms with E-state index in [1.54, 1.807) is 11.8 Å². The fourth-order valence-corrected chi connectivity index (χ4v) is 5.57. The molecule has 1 fully saturated rings. The maximum absolute atomic E-state index is 13.7. The van der Waals surface area contributed by atoms with Gasteiger partial charge in [0, 0.05) is 24.8 Å². The maximum Gasteiger partial charge on any atom is 0.310 e. The minimum atomic E-state index is -0.733. The van der Waals surface area contributed by atoms with Crippen molar-refractivity contribution in [1.29, 1.82) is 0 Å². The summed E-state index contributed by atoms with van der Waals surface area (Å²) >= 11 is 0. The molecular weight excluding hydrogens is 444 g/mol. The lowest BCUT2D eigenvalue weighted by Gasteiger charge is -2.33. The van der Waals surface area contributed by atoms with E-state index < -0.39 is 23.8 Å². The van der Waals surface area contributed by atoms with E-state index in [1.807, 2.05) is 61.5 Å². The summed E-state index contributed by atoms with van der Waals surface area (Å²) in [7, 11) is 0. The Labute approximate surface area is 206 Å². The Morgan fingerprint density at radius 3 is 2.54 bits per heavy atom. The van der Waals surface area contributed by atoms with Crippen LogP contribution in [0.4, 0.5) is 5.69 Å². The van der Waals surface area contributed by atoms with Gasteiger partial charge in [-0.15, -0.1) is 0 Å². The minimum Gasteiger partial charge on any atom is -0.466 e. The summed E-state index contributed by atoms with van der Waals surface area (Å²) in [5.41, 5.74) is 0.660. The number of unbranched alkanes of at least 4 members (excludes halogenated alkanes) is 1. The minimum absolute atomic E-state index is 0.0199. The zero-order valence-corrected chi connectivity index (χ0v) is 20.4. The summed E-state index contributed by atoms with van der Waals surface area (Å²) in [6.45, 7) is 4.36. The van der Waals surface area contributed by atoms with Gasteiger partial charge in [-0.05, 0) is 55.0 Å². The summed E-state index contributed by atoms with van der Waals surface area (Å²) in [5.74, 6) is -2.61. The van der Waals surface area contributed by atoms with E-state index in [-0.39, 0.29) is 36.9 Å². The number of ether oxygens (including phenoxy) is 1. The molecule has 186 valence electrons. The topological polar surface area (TPSA) is 95.9 Å². The second-order valence-electron chi connectivity index (χ2n) is 9.30. The molecule has 4 rings (SSSR count). The number of likely N-dealkylation sites (tertiary alicyclic amines) is 1. The highest BCUT2D eigenvalue weighted by atomic mass is 16.5. The smallest absolute Gasteiger partial charge is 0.310 e. The first-order valence-corrected chi connectivity index (χ1v) is 12.6. The second-order valence-corrected chi connectivity index (χ2v) is 9.30. The van der Waals surface area contributed by atoms with Gasteiger partial charge >= 0.3 is 5.97 Å². The number of nitrogens with one attached hydrogen (secondary N) is 1. The molecule has 2 aliphatic rings. The zero-order chi connectivity index (χ0) is 24.9. The van der Waals surface area contributed by atoms with Gasteiger partial charge in [0.15, 0.2) is 0 Å². The lowest BCUT2D eigenvalue weighted by molar-refractivity contribution is -0.155. The molecule has 0 spiro atoms. The first-order valence-electron chi connectivity index (χ1n) is 12.6. The Morgan fingerprint density at radius 2 is 1.83 bits per heavy atom. The number of nitrogens with zero attached hydrogens (tertiary/aromatic N) is 1. The van der Waals surface area contributed by atoms with Crippen LogP contribution >= 0.6 is 0 Å². The van der Waals surface area contributed by atoms with Gasteiger partial charge in [-0.25, -0.2) is 0 Å². The van der Waals surface area contributed by atoms with E-state index in [0.717, 1.165) is 10.8 Å². The molecule has 0 unspecified atom stereocenters. The van der Waals surface area contributed by atoms with Crippen molar-refractivity contribution in [3.8, 4) is 0 Å². The Bertz CT molecular complexity index is 1110. The van der Waals surface area contributed by atoms with E-state index in [2.05, 4.69) is 5.32 Å². The van der Waals surface area contributed by atoms with Crippen molar-refractivity contribution in [2.45, 2.75) is 39.2 Å². The van der Waals surface area contributed by atoms with Gasteiger partial charge in [-0.3, -0.25) is 14.4 Å². The average Bonchev–Trinajstić information content (AvgIpc) is 3.15. The summed E-state index contributed by atoms with van der Waals surface area (Å²) < 4.78 is 5.36. The van der Waals surface area contributed by atoms with Crippen molar-refractivity contribution in [2.24, 2.45) is 23.7 Å². The van der Waals surface area contributed by atoms with E-state index in [0.29, 0.717) is 31.5 Å². The molecule has 1 aliphatic heterocycles. The van der Waals surface area contributed by atoms with Crippen molar-refractivity contribution >= 4 is 34.2 Å². The molecule has 1 saturated heterocycles. The fraction of sp³-hybridized carbons (Fsp3) is 0.464. The number of aliphatic hydroxyl groups is 1. The lowest BCUT2D eigenvalue weighted by atomic mass is 9.69. The third kappa shape index (κ3) is 4.96. The van der Waals surface area contributed by atoms with Crippen LogP contribution < -0.4 is 5.32 Å². The van der Waals surface area contributed by atoms with Crippen molar-refractivity contribution in [2.75, 3.05) is 25.1 Å². The highest BCUT2D eigenvalue weighted by Gasteiger charge is 2.57. The molecule has 5 atom stereocenters. The van der Waals surface area contributed by atoms with Crippen LogP contribution in [-0.2, 0) is 19.1 Å². The molecule has 35 heavy (non-hydrogen) atoms. The van der Waals surface area contributed by atoms with Crippen molar-refractivity contribution < 1.29 is 24.2 Å². The van der Waals surface area contributed by atoms with Gasteiger partial charge in [0.2, 0.25) is 11.8 Å². The molecule has 0 radical (unpaired) electrons. The van der Waals surface area contributed by atoms with Crippen molar-refractivity contribution in [3.63, 3.8) is 0 Å². The number of hydrogen-bond acceptors (Lipinski definition) is 5. The Hall–Kier alpha value is -3.19. The van der Waals surface area contributed by atoms with Gasteiger partial charge in [0.05, 0.1) is 18.4 Å². The number of fused-ring (bicyclic) bond motifs is 2. The number of benzene rings is 2. The number of rotatable bonds is 9. The molecule has 1 aliphatic carbocycles. The van der Waals surface area contributed by atoms with Gasteiger partial charge in [0.25, 0.3) is 0 Å². The summed E-state index contributed by atoms with van der Waals surface area (Å²) in [6, 6.07) is 12.9. The number of carbonyl (C=O) groups excluding carboxylic acids is 3. The van der Waals surface area contributed by atoms with E-state index in [9.17, 15) is 19.5 Å². The molecule has 0 aromatic heterocycles. The van der Waals surface area contributed by atoms with Gasteiger partial charge in [-0.2, -0.15) is 0 Å². The Balaban J connectivity index is 1.65. The fourth-order valence-electron chi connectivity index (χ4n) is 5.57. The van der Waals surface area contributed by atoms with Crippen LogP contribution in [0.15, 0.2) is 54.6 Å². The predicted molar refractivity (Wildman–Crippen MR) is 134 cm³/mol. The van der Waals surface area contributed by atoms with Crippen LogP contribution in [0, 0.1) is 23.7 Å². The number of allylic oxidation sites excluding steroid dienone is 1. The second kappa shape index (κ2) is 11.0. The van der Waals surface area contributed by atoms with Crippen molar-refractivity contribution in [3.05, 3.63) is 54.6 Å². The molecule has 2 aromatic carbocycles. The van der Waals surface area contributed by atoms with Gasteiger partial charge < -0.3 is 20.1 Å². The van der Waals surface area contributed by atoms with E-state index in [4.69, 9.17) is 4.74 Å². The lowest BCUT2D eigenvalue weighted by Crippen LogP contribution is -2.44. The SMILES string of the molecule is CCOC(=O)[C@H]1[C@H]2C(=O)N(CCCCO)[C@H](C(=O)Nc3ccc4ccccc4c3)[C@H]2C=C[C@H]1CC. The maximum atomic E-state index is 13.7. The molecule has 7 heteroatoms. The average molecular weight is 479 g/mol. The molecule has 7 nitrogen and oxygen atoms in total. The van der Waals surface area contributed by atoms with Crippen LogP contribution in [0.1, 0.15) is 33.1 Å². The van der Waals surface area contributed by atoms with Crippen molar-refractivity contribution in [1.82, 2.24) is 4.90 Å². The standard InChI is InChI=1S/C28H34N2O5/c1-3-18-12-14-22-24(23(18)28(34)35-4-2)27(33)30(15-7-8-16-31)25(22)26(32)29-21-13-11-19-9-5-6-10-20(19)17-21/h5-6,9-14,17-18,22-25,31H,3-4,7-8,15-16H2,1-2H3,(H,29,32)/t18-,22+,23-,24+,25+/m1/s1. The zero-order valence-electron chi connectivity index (χ0n) is 20.4. The van der Waals surface area contributed by atoms with Crippen LogP contribution in [0.2, 0.25) is 0 Å². The van der Waals surface area contributed by atoms with Crippen LogP contribution in [0.25, 0.3) is 10.8 Å². The largest absolute Gasteiger partial charge is 0.466 e. The first kappa shape index (κ1) is 24.9. The molecule has 2 amide bonds. The number of anilines is 1. The molecular formula is C28H34N2O5. The highest BCUT2D eigenvalue weighted by Crippen LogP contribution is 2.45. The normalized spacial score (nSPS) is 25.5. The third-order valence-corrected chi connectivity index (χ3v) is 7.23. The predicted octanol–water partition coefficient (Wildman–Crippen LogP) is 3.77. The molecule has 1 heterocycles. The first-order chi connectivity index (χ1) is 17.0. The van der Waals surface area contributed by atoms with E-state index >= 15 is 0 Å². The number of carbonyl (C=O) groups is 3. The molecule has 2 aromatic rings. The molecule has 0 bridgehead atoms. The summed E-state index contributed by atoms with van der Waals surface area (Å²) in [5, 5.41) is 14.4. The Kier molecular flexibility index (Phi) is 7.86. The number of amides is 2.